The third-order valence-corrected chi connectivity index (χ3v) is 2.40. The molecule has 2 atom stereocenters. The first kappa shape index (κ1) is 14.4. The van der Waals surface area contributed by atoms with Gasteiger partial charge in [0.05, 0.1) is 6.10 Å². The minimum absolute atomic E-state index is 0.0721. The lowest BCUT2D eigenvalue weighted by Gasteiger charge is -2.12. The lowest BCUT2D eigenvalue weighted by atomic mass is 10.2. The first-order chi connectivity index (χ1) is 7.10. The quantitative estimate of drug-likeness (QED) is 0.522. The van der Waals surface area contributed by atoms with Crippen LogP contribution in [0.15, 0.2) is 0 Å². The molecule has 15 heavy (non-hydrogen) atoms. The summed E-state index contributed by atoms with van der Waals surface area (Å²) in [6, 6.07) is 0.249. The number of carbonyl (C=O) groups is 1. The van der Waals surface area contributed by atoms with Gasteiger partial charge in [-0.2, -0.15) is 0 Å². The van der Waals surface area contributed by atoms with Crippen molar-refractivity contribution >= 4 is 5.91 Å². The monoisotopic (exact) mass is 216 g/mol. The summed E-state index contributed by atoms with van der Waals surface area (Å²) in [5, 5.41) is 15.2. The Labute approximate surface area is 92.4 Å². The van der Waals surface area contributed by atoms with Crippen molar-refractivity contribution in [2.45, 2.75) is 52.2 Å². The molecule has 0 aliphatic heterocycles. The van der Waals surface area contributed by atoms with Crippen LogP contribution in [0.5, 0.6) is 0 Å². The van der Waals surface area contributed by atoms with E-state index in [2.05, 4.69) is 10.6 Å². The van der Waals surface area contributed by atoms with Crippen molar-refractivity contribution in [2.24, 2.45) is 0 Å². The predicted molar refractivity (Wildman–Crippen MR) is 61.7 cm³/mol. The van der Waals surface area contributed by atoms with Crippen LogP contribution in [-0.4, -0.2) is 36.2 Å². The lowest BCUT2D eigenvalue weighted by molar-refractivity contribution is -0.121. The summed E-state index contributed by atoms with van der Waals surface area (Å²) in [5.74, 6) is 0.0721. The van der Waals surface area contributed by atoms with E-state index in [1.807, 2.05) is 20.8 Å². The van der Waals surface area contributed by atoms with Gasteiger partial charge in [0, 0.05) is 25.6 Å². The smallest absolute Gasteiger partial charge is 0.221 e. The fourth-order valence-electron chi connectivity index (χ4n) is 1.06. The molecule has 3 N–H and O–H groups in total. The Hall–Kier alpha value is -0.610. The van der Waals surface area contributed by atoms with Crippen molar-refractivity contribution in [3.8, 4) is 0 Å². The van der Waals surface area contributed by atoms with Crippen LogP contribution in [-0.2, 0) is 4.79 Å². The van der Waals surface area contributed by atoms with Gasteiger partial charge in [0.1, 0.15) is 0 Å². The summed E-state index contributed by atoms with van der Waals surface area (Å²) in [5.41, 5.74) is 0. The van der Waals surface area contributed by atoms with Crippen molar-refractivity contribution in [2.75, 3.05) is 13.1 Å². The first-order valence-corrected chi connectivity index (χ1v) is 5.78. The molecular formula is C11H24N2O2. The Morgan fingerprint density at radius 2 is 2.00 bits per heavy atom. The highest BCUT2D eigenvalue weighted by Gasteiger charge is 2.05. The highest BCUT2D eigenvalue weighted by Crippen LogP contribution is 1.90. The van der Waals surface area contributed by atoms with Crippen molar-refractivity contribution < 1.29 is 9.90 Å². The van der Waals surface area contributed by atoms with Crippen molar-refractivity contribution in [1.29, 1.82) is 0 Å². The summed E-state index contributed by atoms with van der Waals surface area (Å²) in [6.45, 7) is 7.15. The number of hydrogen-bond donors (Lipinski definition) is 3. The minimum Gasteiger partial charge on any atom is -0.392 e. The van der Waals surface area contributed by atoms with E-state index in [-0.39, 0.29) is 18.1 Å². The molecule has 0 aliphatic rings. The molecule has 0 spiro atoms. The number of aliphatic hydroxyl groups excluding tert-OH is 1. The second kappa shape index (κ2) is 8.68. The number of amides is 1. The molecule has 0 fully saturated rings. The van der Waals surface area contributed by atoms with Gasteiger partial charge in [0.15, 0.2) is 0 Å². The fourth-order valence-corrected chi connectivity index (χ4v) is 1.06. The van der Waals surface area contributed by atoms with Gasteiger partial charge in [-0.25, -0.2) is 0 Å². The minimum atomic E-state index is -0.303. The maximum absolute atomic E-state index is 11.3. The number of hydrogen-bond acceptors (Lipinski definition) is 3. The van der Waals surface area contributed by atoms with E-state index in [1.54, 1.807) is 0 Å². The van der Waals surface area contributed by atoms with E-state index in [0.29, 0.717) is 19.5 Å². The lowest BCUT2D eigenvalue weighted by Crippen LogP contribution is -2.35. The van der Waals surface area contributed by atoms with Crippen molar-refractivity contribution in [1.82, 2.24) is 10.6 Å². The fraction of sp³-hybridized carbons (Fsp3) is 0.909. The van der Waals surface area contributed by atoms with E-state index < -0.39 is 0 Å². The van der Waals surface area contributed by atoms with E-state index in [1.165, 1.54) is 0 Å². The van der Waals surface area contributed by atoms with E-state index in [0.717, 1.165) is 12.8 Å². The molecule has 0 saturated carbocycles. The average Bonchev–Trinajstić information content (AvgIpc) is 2.23. The van der Waals surface area contributed by atoms with Gasteiger partial charge in [-0.1, -0.05) is 13.8 Å². The first-order valence-electron chi connectivity index (χ1n) is 5.78. The second-order valence-corrected chi connectivity index (χ2v) is 3.89. The maximum atomic E-state index is 11.3. The van der Waals surface area contributed by atoms with Gasteiger partial charge < -0.3 is 15.7 Å². The molecule has 0 aromatic rings. The van der Waals surface area contributed by atoms with Gasteiger partial charge in [0.25, 0.3) is 0 Å². The van der Waals surface area contributed by atoms with Crippen LogP contribution >= 0.6 is 0 Å². The van der Waals surface area contributed by atoms with Crippen LogP contribution in [0.3, 0.4) is 0 Å². The molecule has 2 unspecified atom stereocenters. The standard InChI is InChI=1S/C11H24N2O2/c1-4-9(3)13-11(15)6-7-12-8-10(14)5-2/h9-10,12,14H,4-8H2,1-3H3,(H,13,15). The van der Waals surface area contributed by atoms with Gasteiger partial charge in [0.2, 0.25) is 5.91 Å². The molecule has 0 saturated heterocycles. The van der Waals surface area contributed by atoms with Crippen LogP contribution in [0.4, 0.5) is 0 Å². The summed E-state index contributed by atoms with van der Waals surface area (Å²) < 4.78 is 0. The average molecular weight is 216 g/mol. The van der Waals surface area contributed by atoms with Gasteiger partial charge >= 0.3 is 0 Å². The highest BCUT2D eigenvalue weighted by molar-refractivity contribution is 5.76. The molecule has 0 aromatic carbocycles. The zero-order valence-corrected chi connectivity index (χ0v) is 10.0. The summed E-state index contributed by atoms with van der Waals surface area (Å²) in [4.78, 5) is 11.3. The summed E-state index contributed by atoms with van der Waals surface area (Å²) >= 11 is 0. The van der Waals surface area contributed by atoms with Crippen molar-refractivity contribution in [3.05, 3.63) is 0 Å². The predicted octanol–water partition coefficient (Wildman–Crippen LogP) is 0.652. The van der Waals surface area contributed by atoms with Gasteiger partial charge in [-0.15, -0.1) is 0 Å². The van der Waals surface area contributed by atoms with Crippen molar-refractivity contribution in [3.63, 3.8) is 0 Å². The maximum Gasteiger partial charge on any atom is 0.221 e. The molecule has 0 heterocycles. The zero-order valence-electron chi connectivity index (χ0n) is 10.0. The summed E-state index contributed by atoms with van der Waals surface area (Å²) in [6.07, 6.45) is 1.86. The van der Waals surface area contributed by atoms with Crippen LogP contribution < -0.4 is 10.6 Å². The molecule has 0 bridgehead atoms. The van der Waals surface area contributed by atoms with E-state index >= 15 is 0 Å². The Balaban J connectivity index is 3.39. The van der Waals surface area contributed by atoms with E-state index in [9.17, 15) is 9.90 Å². The molecule has 90 valence electrons. The SMILES string of the molecule is CCC(O)CNCCC(=O)NC(C)CC. The number of aliphatic hydroxyl groups is 1. The molecule has 1 amide bonds. The normalized spacial score (nSPS) is 14.7. The van der Waals surface area contributed by atoms with Crippen LogP contribution in [0, 0.1) is 0 Å². The molecule has 0 radical (unpaired) electrons. The number of rotatable bonds is 8. The van der Waals surface area contributed by atoms with Gasteiger partial charge in [-0.05, 0) is 19.8 Å². The molecule has 0 rings (SSSR count). The van der Waals surface area contributed by atoms with Crippen LogP contribution in [0.25, 0.3) is 0 Å². The molecule has 0 aliphatic carbocycles. The topological polar surface area (TPSA) is 61.4 Å². The van der Waals surface area contributed by atoms with E-state index in [4.69, 9.17) is 0 Å². The Kier molecular flexibility index (Phi) is 8.33. The molecule has 4 nitrogen and oxygen atoms in total. The Bertz CT molecular complexity index is 174. The Morgan fingerprint density at radius 3 is 2.53 bits per heavy atom. The molecule has 0 aromatic heterocycles. The summed E-state index contributed by atoms with van der Waals surface area (Å²) in [7, 11) is 0. The zero-order chi connectivity index (χ0) is 11.7. The number of nitrogens with one attached hydrogen (secondary N) is 2. The highest BCUT2D eigenvalue weighted by atomic mass is 16.3. The molecule has 4 heteroatoms. The molecular weight excluding hydrogens is 192 g/mol. The number of carbonyl (C=O) groups excluding carboxylic acids is 1. The largest absolute Gasteiger partial charge is 0.392 e. The van der Waals surface area contributed by atoms with Crippen LogP contribution in [0.2, 0.25) is 0 Å². The third-order valence-electron chi connectivity index (χ3n) is 2.40. The second-order valence-electron chi connectivity index (χ2n) is 3.89. The van der Waals surface area contributed by atoms with Crippen LogP contribution in [0.1, 0.15) is 40.0 Å². The van der Waals surface area contributed by atoms with Gasteiger partial charge in [-0.3, -0.25) is 4.79 Å². The third kappa shape index (κ3) is 8.39. The Morgan fingerprint density at radius 1 is 1.33 bits per heavy atom.